The Hall–Kier alpha value is -0.600. The summed E-state index contributed by atoms with van der Waals surface area (Å²) in [5.74, 6) is 0. The molecule has 15 atom stereocenters. The van der Waals surface area contributed by atoms with Crippen molar-refractivity contribution in [1.82, 2.24) is 0 Å². The molecule has 3 saturated heterocycles. The second kappa shape index (κ2) is 11.0. The lowest BCUT2D eigenvalue weighted by atomic mass is 9.96. The molecule has 0 amide bonds. The number of hydrogen-bond donors (Lipinski definition) is 10. The zero-order chi connectivity index (χ0) is 24.6. The normalized spacial score (nSPS) is 53.7. The molecule has 15 heteroatoms. The van der Waals surface area contributed by atoms with Crippen LogP contribution in [0.5, 0.6) is 0 Å². The van der Waals surface area contributed by atoms with Gasteiger partial charge in [0.25, 0.3) is 0 Å². The lowest BCUT2D eigenvalue weighted by Gasteiger charge is -2.48. The van der Waals surface area contributed by atoms with Gasteiger partial charge in [0.2, 0.25) is 0 Å². The van der Waals surface area contributed by atoms with Gasteiger partial charge in [-0.25, -0.2) is 0 Å². The van der Waals surface area contributed by atoms with Crippen LogP contribution in [-0.4, -0.2) is 156 Å². The van der Waals surface area contributed by atoms with Gasteiger partial charge in [0.1, 0.15) is 67.1 Å². The summed E-state index contributed by atoms with van der Waals surface area (Å²) < 4.78 is 26.7. The first-order chi connectivity index (χ1) is 15.5. The van der Waals surface area contributed by atoms with Crippen molar-refractivity contribution in [3.8, 4) is 0 Å². The topological polar surface area (TPSA) is 248 Å². The van der Waals surface area contributed by atoms with Crippen LogP contribution < -0.4 is 0 Å². The number of aliphatic hydroxyl groups is 10. The average molecular weight is 488 g/mol. The van der Waals surface area contributed by atoms with Crippen molar-refractivity contribution in [2.75, 3.05) is 13.2 Å². The molecule has 0 aromatic rings. The van der Waals surface area contributed by atoms with E-state index >= 15 is 0 Å². The van der Waals surface area contributed by atoms with Crippen LogP contribution in [0.3, 0.4) is 0 Å². The lowest BCUT2D eigenvalue weighted by Crippen LogP contribution is -2.66. The molecular weight excluding hydrogens is 456 g/mol. The standard InChI is InChI=1S/C18H32O15/c1-4-7(21)10(24)12(26)17(29-4)33-15-14(9(23)6(3-20)30-16(15)28)32-18-13(27)11(25)8(22)5(2-19)31-18/h4-28H,2-3H2,1H3/t4-,5-,6-,7+,8-,9-,10+,11+,12-,13-,14+,15-,16?,17+,18+/m1/s1. The maximum Gasteiger partial charge on any atom is 0.187 e. The van der Waals surface area contributed by atoms with E-state index < -0.39 is 105 Å². The Morgan fingerprint density at radius 3 is 1.61 bits per heavy atom. The molecule has 1 unspecified atom stereocenters. The predicted molar refractivity (Wildman–Crippen MR) is 99.8 cm³/mol. The minimum absolute atomic E-state index is 0.747. The molecule has 0 radical (unpaired) electrons. The van der Waals surface area contributed by atoms with Gasteiger partial charge in [-0.2, -0.15) is 0 Å². The summed E-state index contributed by atoms with van der Waals surface area (Å²) in [7, 11) is 0. The highest BCUT2D eigenvalue weighted by molar-refractivity contribution is 4.96. The van der Waals surface area contributed by atoms with Crippen molar-refractivity contribution in [3.05, 3.63) is 0 Å². The van der Waals surface area contributed by atoms with Gasteiger partial charge in [0.05, 0.1) is 19.3 Å². The minimum atomic E-state index is -1.88. The van der Waals surface area contributed by atoms with Gasteiger partial charge in [0.15, 0.2) is 18.9 Å². The van der Waals surface area contributed by atoms with E-state index in [1.807, 2.05) is 0 Å². The summed E-state index contributed by atoms with van der Waals surface area (Å²) in [5.41, 5.74) is 0. The van der Waals surface area contributed by atoms with Crippen LogP contribution >= 0.6 is 0 Å². The van der Waals surface area contributed by atoms with Crippen molar-refractivity contribution >= 4 is 0 Å². The zero-order valence-electron chi connectivity index (χ0n) is 17.6. The van der Waals surface area contributed by atoms with E-state index in [9.17, 15) is 51.1 Å². The van der Waals surface area contributed by atoms with Crippen LogP contribution in [0, 0.1) is 0 Å². The van der Waals surface area contributed by atoms with Crippen LogP contribution in [0.1, 0.15) is 6.92 Å². The molecule has 0 saturated carbocycles. The molecule has 33 heavy (non-hydrogen) atoms. The fourth-order valence-electron chi connectivity index (χ4n) is 3.97. The Kier molecular flexibility index (Phi) is 8.99. The molecule has 10 N–H and O–H groups in total. The Bertz CT molecular complexity index is 624. The second-order valence-corrected chi connectivity index (χ2v) is 8.32. The summed E-state index contributed by atoms with van der Waals surface area (Å²) >= 11 is 0. The van der Waals surface area contributed by atoms with E-state index in [-0.39, 0.29) is 0 Å². The molecule has 194 valence electrons. The minimum Gasteiger partial charge on any atom is -0.394 e. The summed E-state index contributed by atoms with van der Waals surface area (Å²) in [6.07, 6.45) is -24.1. The summed E-state index contributed by atoms with van der Waals surface area (Å²) in [6, 6.07) is 0. The largest absolute Gasteiger partial charge is 0.394 e. The van der Waals surface area contributed by atoms with Crippen molar-refractivity contribution in [3.63, 3.8) is 0 Å². The predicted octanol–water partition coefficient (Wildman–Crippen LogP) is -6.55. The van der Waals surface area contributed by atoms with E-state index in [2.05, 4.69) is 0 Å². The van der Waals surface area contributed by atoms with E-state index in [0.29, 0.717) is 0 Å². The lowest BCUT2D eigenvalue weighted by molar-refractivity contribution is -0.386. The second-order valence-electron chi connectivity index (χ2n) is 8.32. The maximum absolute atomic E-state index is 10.6. The highest BCUT2D eigenvalue weighted by atomic mass is 16.8. The molecule has 0 aliphatic carbocycles. The maximum atomic E-state index is 10.6. The first kappa shape index (κ1) is 27.0. The van der Waals surface area contributed by atoms with Gasteiger partial charge in [-0.05, 0) is 6.92 Å². The molecule has 3 rings (SSSR count). The first-order valence-electron chi connectivity index (χ1n) is 10.4. The van der Waals surface area contributed by atoms with Gasteiger partial charge in [0, 0.05) is 0 Å². The number of rotatable bonds is 6. The van der Waals surface area contributed by atoms with Crippen molar-refractivity contribution < 1.29 is 74.7 Å². The van der Waals surface area contributed by atoms with E-state index in [1.54, 1.807) is 0 Å². The Balaban J connectivity index is 1.82. The van der Waals surface area contributed by atoms with Gasteiger partial charge in [-0.1, -0.05) is 0 Å². The molecule has 0 spiro atoms. The average Bonchev–Trinajstić information content (AvgIpc) is 2.79. The van der Waals surface area contributed by atoms with Gasteiger partial charge in [-0.15, -0.1) is 0 Å². The SMILES string of the molecule is C[C@H]1O[C@@H](O[C@H]2C(O)O[C@H](CO)[C@@H](O)[C@@H]2O[C@@H]2O[C@H](CO)[C@@H](O)[C@H](O)[C@H]2O)[C@H](O)[C@@H](O)[C@H]1O. The van der Waals surface area contributed by atoms with Crippen molar-refractivity contribution in [1.29, 1.82) is 0 Å². The molecule has 3 aliphatic heterocycles. The highest BCUT2D eigenvalue weighted by Gasteiger charge is 2.53. The number of hydrogen-bond acceptors (Lipinski definition) is 15. The molecular formula is C18H32O15. The van der Waals surface area contributed by atoms with Crippen molar-refractivity contribution in [2.45, 2.75) is 99.0 Å². The van der Waals surface area contributed by atoms with Gasteiger partial charge < -0.3 is 74.7 Å². The van der Waals surface area contributed by atoms with E-state index in [1.165, 1.54) is 6.92 Å². The molecule has 3 heterocycles. The summed E-state index contributed by atoms with van der Waals surface area (Å²) in [4.78, 5) is 0. The summed E-state index contributed by atoms with van der Waals surface area (Å²) in [6.45, 7) is -0.115. The van der Waals surface area contributed by atoms with Crippen molar-refractivity contribution in [2.24, 2.45) is 0 Å². The van der Waals surface area contributed by atoms with Gasteiger partial charge in [-0.3, -0.25) is 0 Å². The zero-order valence-corrected chi connectivity index (χ0v) is 17.6. The molecule has 15 nitrogen and oxygen atoms in total. The smallest absolute Gasteiger partial charge is 0.187 e. The van der Waals surface area contributed by atoms with Gasteiger partial charge >= 0.3 is 0 Å². The fraction of sp³-hybridized carbons (Fsp3) is 1.00. The molecule has 0 bridgehead atoms. The van der Waals surface area contributed by atoms with E-state index in [0.717, 1.165) is 0 Å². The molecule has 0 aromatic carbocycles. The number of aliphatic hydroxyl groups excluding tert-OH is 10. The number of ether oxygens (including phenoxy) is 5. The molecule has 0 aromatic heterocycles. The van der Waals surface area contributed by atoms with Crippen LogP contribution in [0.4, 0.5) is 0 Å². The Morgan fingerprint density at radius 1 is 0.545 bits per heavy atom. The van der Waals surface area contributed by atoms with Crippen LogP contribution in [0.2, 0.25) is 0 Å². The molecule has 3 fully saturated rings. The summed E-state index contributed by atoms with van der Waals surface area (Å²) in [5, 5.41) is 100.0. The highest BCUT2D eigenvalue weighted by Crippen LogP contribution is 2.32. The third kappa shape index (κ3) is 5.32. The Labute approximate surface area is 187 Å². The Morgan fingerprint density at radius 2 is 1.03 bits per heavy atom. The monoisotopic (exact) mass is 488 g/mol. The first-order valence-corrected chi connectivity index (χ1v) is 10.4. The third-order valence-corrected chi connectivity index (χ3v) is 6.06. The van der Waals surface area contributed by atoms with Crippen LogP contribution in [0.25, 0.3) is 0 Å². The fourth-order valence-corrected chi connectivity index (χ4v) is 3.97. The van der Waals surface area contributed by atoms with Crippen LogP contribution in [0.15, 0.2) is 0 Å². The third-order valence-electron chi connectivity index (χ3n) is 6.06. The van der Waals surface area contributed by atoms with E-state index in [4.69, 9.17) is 23.7 Å². The van der Waals surface area contributed by atoms with Crippen LogP contribution in [-0.2, 0) is 23.7 Å². The quantitative estimate of drug-likeness (QED) is 0.167. The molecule has 3 aliphatic rings.